The third-order valence-electron chi connectivity index (χ3n) is 10.8. The number of hydrogen-bond acceptors (Lipinski definition) is 2. The van der Waals surface area contributed by atoms with Crippen molar-refractivity contribution in [3.63, 3.8) is 0 Å². The number of anilines is 3. The lowest BCUT2D eigenvalue weighted by molar-refractivity contribution is 1.18. The molecule has 2 heterocycles. The number of fused-ring (bicyclic) bond motifs is 9. The second-order valence-electron chi connectivity index (χ2n) is 13.8. The molecule has 0 aliphatic heterocycles. The van der Waals surface area contributed by atoms with E-state index >= 15 is 0 Å². The van der Waals surface area contributed by atoms with Crippen molar-refractivity contribution >= 4 is 91.9 Å². The molecule has 0 bridgehead atoms. The van der Waals surface area contributed by atoms with Crippen molar-refractivity contribution in [3.05, 3.63) is 194 Å². The van der Waals surface area contributed by atoms with Crippen molar-refractivity contribution in [2.24, 2.45) is 0 Å². The second-order valence-corrected chi connectivity index (χ2v) is 14.9. The highest BCUT2D eigenvalue weighted by Gasteiger charge is 2.18. The van der Waals surface area contributed by atoms with E-state index in [9.17, 15) is 0 Å². The Hall–Kier alpha value is -6.68. The summed E-state index contributed by atoms with van der Waals surface area (Å²) in [6, 6.07) is 71.1. The number of benzene rings is 9. The molecule has 0 N–H and O–H groups in total. The first-order valence-electron chi connectivity index (χ1n) is 18.1. The van der Waals surface area contributed by atoms with Gasteiger partial charge < -0.3 is 9.47 Å². The first-order chi connectivity index (χ1) is 26.3. The standard InChI is InChI=1S/C50H32N2S/c1-2-11-37(12-3-1)52-47-16-8-6-14-42(47)46-32-40(27-29-48(46)52)51(39-26-22-35-19-18-34-10-4-5-13-41(34)45(35)31-39)38-24-20-33(21-25-38)36-23-28-44-43-15-7-9-17-49(43)53-50(44)30-36/h1-32H. The molecule has 2 aromatic heterocycles. The Morgan fingerprint density at radius 1 is 0.340 bits per heavy atom. The van der Waals surface area contributed by atoms with Crippen molar-refractivity contribution in [1.29, 1.82) is 0 Å². The van der Waals surface area contributed by atoms with E-state index < -0.39 is 0 Å². The molecule has 248 valence electrons. The molecule has 9 aromatic carbocycles. The van der Waals surface area contributed by atoms with E-state index in [0.29, 0.717) is 0 Å². The zero-order valence-corrected chi connectivity index (χ0v) is 29.6. The lowest BCUT2D eigenvalue weighted by Crippen LogP contribution is -2.10. The molecule has 0 atom stereocenters. The van der Waals surface area contributed by atoms with Crippen LogP contribution >= 0.6 is 11.3 Å². The van der Waals surface area contributed by atoms with Gasteiger partial charge in [-0.3, -0.25) is 0 Å². The van der Waals surface area contributed by atoms with Crippen LogP contribution in [0.3, 0.4) is 0 Å². The normalized spacial score (nSPS) is 11.8. The van der Waals surface area contributed by atoms with Gasteiger partial charge >= 0.3 is 0 Å². The van der Waals surface area contributed by atoms with Crippen molar-refractivity contribution in [2.45, 2.75) is 0 Å². The van der Waals surface area contributed by atoms with Crippen LogP contribution in [0, 0.1) is 0 Å². The maximum absolute atomic E-state index is 2.41. The van der Waals surface area contributed by atoms with Crippen molar-refractivity contribution < 1.29 is 0 Å². The lowest BCUT2D eigenvalue weighted by Gasteiger charge is -2.26. The molecule has 0 unspecified atom stereocenters. The van der Waals surface area contributed by atoms with Gasteiger partial charge in [0.05, 0.1) is 11.0 Å². The molecule has 11 aromatic rings. The topological polar surface area (TPSA) is 8.17 Å². The number of para-hydroxylation sites is 2. The minimum absolute atomic E-state index is 1.11. The van der Waals surface area contributed by atoms with Crippen molar-refractivity contribution in [2.75, 3.05) is 4.90 Å². The summed E-state index contributed by atoms with van der Waals surface area (Å²) in [6.45, 7) is 0. The van der Waals surface area contributed by atoms with Gasteiger partial charge in [-0.05, 0) is 105 Å². The molecular weight excluding hydrogens is 661 g/mol. The molecule has 0 saturated carbocycles. The summed E-state index contributed by atoms with van der Waals surface area (Å²) in [4.78, 5) is 2.41. The predicted molar refractivity (Wildman–Crippen MR) is 229 cm³/mol. The van der Waals surface area contributed by atoms with Gasteiger partial charge in [0, 0.05) is 53.7 Å². The monoisotopic (exact) mass is 692 g/mol. The lowest BCUT2D eigenvalue weighted by atomic mass is 10.0. The quantitative estimate of drug-likeness (QED) is 0.163. The highest BCUT2D eigenvalue weighted by atomic mass is 32.1. The predicted octanol–water partition coefficient (Wildman–Crippen LogP) is 14.6. The van der Waals surface area contributed by atoms with Crippen LogP contribution in [0.2, 0.25) is 0 Å². The van der Waals surface area contributed by atoms with Crippen LogP contribution in [0.25, 0.3) is 80.3 Å². The molecule has 0 spiro atoms. The summed E-state index contributed by atoms with van der Waals surface area (Å²) >= 11 is 1.87. The molecule has 11 rings (SSSR count). The molecule has 0 aliphatic rings. The minimum Gasteiger partial charge on any atom is -0.310 e. The van der Waals surface area contributed by atoms with E-state index in [0.717, 1.165) is 22.7 Å². The molecule has 0 amide bonds. The Balaban J connectivity index is 1.09. The summed E-state index contributed by atoms with van der Waals surface area (Å²) in [5.41, 5.74) is 9.35. The highest BCUT2D eigenvalue weighted by molar-refractivity contribution is 7.25. The summed E-state index contributed by atoms with van der Waals surface area (Å²) in [5, 5.41) is 10.1. The third kappa shape index (κ3) is 4.86. The fourth-order valence-corrected chi connectivity index (χ4v) is 9.39. The molecule has 2 nitrogen and oxygen atoms in total. The van der Waals surface area contributed by atoms with Crippen LogP contribution in [0.5, 0.6) is 0 Å². The fourth-order valence-electron chi connectivity index (χ4n) is 8.24. The van der Waals surface area contributed by atoms with E-state index in [1.54, 1.807) is 0 Å². The van der Waals surface area contributed by atoms with Gasteiger partial charge in [0.25, 0.3) is 0 Å². The minimum atomic E-state index is 1.11. The average Bonchev–Trinajstić information content (AvgIpc) is 3.76. The first kappa shape index (κ1) is 30.0. The largest absolute Gasteiger partial charge is 0.310 e. The van der Waals surface area contributed by atoms with Crippen LogP contribution in [0.4, 0.5) is 17.1 Å². The van der Waals surface area contributed by atoms with Crippen LogP contribution < -0.4 is 4.90 Å². The summed E-state index contributed by atoms with van der Waals surface area (Å²) < 4.78 is 5.03. The number of hydrogen-bond donors (Lipinski definition) is 0. The number of aromatic nitrogens is 1. The van der Waals surface area contributed by atoms with Gasteiger partial charge in [0.2, 0.25) is 0 Å². The Morgan fingerprint density at radius 3 is 1.77 bits per heavy atom. The summed E-state index contributed by atoms with van der Waals surface area (Å²) in [6.07, 6.45) is 0. The van der Waals surface area contributed by atoms with Crippen LogP contribution in [0.1, 0.15) is 0 Å². The SMILES string of the molecule is c1ccc(-n2c3ccccc3c3cc(N(c4ccc(-c5ccc6c(c5)sc5ccccc56)cc4)c4ccc5ccc6ccccc6c5c4)ccc32)cc1. The second kappa shape index (κ2) is 11.9. The molecule has 0 aliphatic carbocycles. The Kier molecular flexibility index (Phi) is 6.76. The van der Waals surface area contributed by atoms with Crippen LogP contribution in [-0.4, -0.2) is 4.57 Å². The Bertz CT molecular complexity index is 3170. The number of rotatable bonds is 5. The Labute approximate surface area is 311 Å². The van der Waals surface area contributed by atoms with Gasteiger partial charge in [-0.15, -0.1) is 11.3 Å². The third-order valence-corrected chi connectivity index (χ3v) is 11.9. The molecule has 0 fully saturated rings. The molecule has 3 heteroatoms. The fraction of sp³-hybridized carbons (Fsp3) is 0. The first-order valence-corrected chi connectivity index (χ1v) is 18.9. The van der Waals surface area contributed by atoms with Gasteiger partial charge in [0.15, 0.2) is 0 Å². The van der Waals surface area contributed by atoms with E-state index in [4.69, 9.17) is 0 Å². The molecular formula is C50H32N2S. The van der Waals surface area contributed by atoms with Gasteiger partial charge in [-0.2, -0.15) is 0 Å². The zero-order valence-electron chi connectivity index (χ0n) is 28.8. The number of nitrogens with zero attached hydrogens (tertiary/aromatic N) is 2. The summed E-state index contributed by atoms with van der Waals surface area (Å²) in [5.74, 6) is 0. The van der Waals surface area contributed by atoms with Crippen molar-refractivity contribution in [1.82, 2.24) is 4.57 Å². The van der Waals surface area contributed by atoms with Crippen molar-refractivity contribution in [3.8, 4) is 16.8 Å². The Morgan fingerprint density at radius 2 is 0.925 bits per heavy atom. The van der Waals surface area contributed by atoms with Crippen LogP contribution in [0.15, 0.2) is 194 Å². The molecule has 53 heavy (non-hydrogen) atoms. The maximum atomic E-state index is 2.41. The van der Waals surface area contributed by atoms with E-state index in [1.165, 1.54) is 74.6 Å². The zero-order chi connectivity index (χ0) is 34.9. The average molecular weight is 693 g/mol. The van der Waals surface area contributed by atoms with Gasteiger partial charge in [-0.25, -0.2) is 0 Å². The smallest absolute Gasteiger partial charge is 0.0542 e. The number of thiophene rings is 1. The molecule has 0 saturated heterocycles. The van der Waals surface area contributed by atoms with E-state index in [-0.39, 0.29) is 0 Å². The van der Waals surface area contributed by atoms with Crippen LogP contribution in [-0.2, 0) is 0 Å². The molecule has 0 radical (unpaired) electrons. The van der Waals surface area contributed by atoms with E-state index in [1.807, 2.05) is 11.3 Å². The summed E-state index contributed by atoms with van der Waals surface area (Å²) in [7, 11) is 0. The maximum Gasteiger partial charge on any atom is 0.0542 e. The van der Waals surface area contributed by atoms with Gasteiger partial charge in [-0.1, -0.05) is 121 Å². The highest BCUT2D eigenvalue weighted by Crippen LogP contribution is 2.42. The van der Waals surface area contributed by atoms with E-state index in [2.05, 4.69) is 204 Å². The van der Waals surface area contributed by atoms with Gasteiger partial charge in [0.1, 0.15) is 0 Å².